The molecule has 0 saturated carbocycles. The van der Waals surface area contributed by atoms with Crippen molar-refractivity contribution in [1.82, 2.24) is 9.55 Å². The van der Waals surface area contributed by atoms with Gasteiger partial charge in [-0.1, -0.05) is 36.4 Å². The number of aromatic amines is 1. The second kappa shape index (κ2) is 6.00. The summed E-state index contributed by atoms with van der Waals surface area (Å²) in [4.78, 5) is 31.2. The maximum Gasteiger partial charge on any atom is 0.335 e. The van der Waals surface area contributed by atoms with Gasteiger partial charge in [0, 0.05) is 17.4 Å². The van der Waals surface area contributed by atoms with E-state index in [9.17, 15) is 14.7 Å². The molecule has 0 saturated heterocycles. The molecule has 4 rings (SSSR count). The number of nitrogens with one attached hydrogen (secondary N) is 1. The van der Waals surface area contributed by atoms with E-state index in [1.54, 1.807) is 18.3 Å². The molecule has 1 aliphatic heterocycles. The largest absolute Gasteiger partial charge is 0.494 e. The van der Waals surface area contributed by atoms with E-state index in [0.29, 0.717) is 11.3 Å². The molecule has 128 valence electrons. The SMILES string of the molecule is Cc1ccccc1-n1c(O)c(C=C2C=Nc3ccccc32)c(=O)[nH]c1=O. The minimum atomic E-state index is -0.690. The first-order valence-corrected chi connectivity index (χ1v) is 8.06. The Morgan fingerprint density at radius 3 is 2.62 bits per heavy atom. The van der Waals surface area contributed by atoms with E-state index in [1.165, 1.54) is 6.08 Å². The predicted molar refractivity (Wildman–Crippen MR) is 102 cm³/mol. The quantitative estimate of drug-likeness (QED) is 0.749. The van der Waals surface area contributed by atoms with Crippen molar-refractivity contribution in [3.63, 3.8) is 0 Å². The first-order chi connectivity index (χ1) is 12.6. The van der Waals surface area contributed by atoms with E-state index in [4.69, 9.17) is 0 Å². The second-order valence-electron chi connectivity index (χ2n) is 5.99. The van der Waals surface area contributed by atoms with E-state index < -0.39 is 17.1 Å². The number of nitrogens with zero attached hydrogens (tertiary/aromatic N) is 2. The summed E-state index contributed by atoms with van der Waals surface area (Å²) >= 11 is 0. The molecular formula is C20H15N3O3. The minimum absolute atomic E-state index is 0.00556. The van der Waals surface area contributed by atoms with Gasteiger partial charge in [0.15, 0.2) is 0 Å². The number of para-hydroxylation sites is 2. The number of aryl methyl sites for hydroxylation is 1. The van der Waals surface area contributed by atoms with Gasteiger partial charge in [0.1, 0.15) is 5.56 Å². The molecule has 26 heavy (non-hydrogen) atoms. The van der Waals surface area contributed by atoms with Gasteiger partial charge in [0.25, 0.3) is 5.56 Å². The molecule has 0 bridgehead atoms. The maximum absolute atomic E-state index is 12.3. The fourth-order valence-electron chi connectivity index (χ4n) is 3.02. The number of benzene rings is 2. The third-order valence-electron chi connectivity index (χ3n) is 4.33. The van der Waals surface area contributed by atoms with Crippen molar-refractivity contribution in [2.75, 3.05) is 0 Å². The molecule has 0 unspecified atom stereocenters. The number of rotatable bonds is 2. The lowest BCUT2D eigenvalue weighted by Crippen LogP contribution is -2.30. The van der Waals surface area contributed by atoms with Gasteiger partial charge in [-0.3, -0.25) is 14.8 Å². The molecule has 2 heterocycles. The number of allylic oxidation sites excluding steroid dienone is 1. The van der Waals surface area contributed by atoms with Crippen LogP contribution in [0, 0.1) is 6.92 Å². The first-order valence-electron chi connectivity index (χ1n) is 8.06. The average molecular weight is 345 g/mol. The molecule has 2 aromatic carbocycles. The molecule has 1 aliphatic rings. The third kappa shape index (κ3) is 2.48. The van der Waals surface area contributed by atoms with Crippen LogP contribution in [-0.2, 0) is 0 Å². The van der Waals surface area contributed by atoms with Gasteiger partial charge < -0.3 is 5.11 Å². The average Bonchev–Trinajstić information content (AvgIpc) is 3.03. The van der Waals surface area contributed by atoms with Gasteiger partial charge in [-0.25, -0.2) is 9.36 Å². The number of aromatic nitrogens is 2. The van der Waals surface area contributed by atoms with Crippen molar-refractivity contribution in [3.05, 3.63) is 86.1 Å². The van der Waals surface area contributed by atoms with Crippen LogP contribution in [0.15, 0.2) is 63.1 Å². The molecule has 6 heteroatoms. The Labute approximate surface area is 148 Å². The van der Waals surface area contributed by atoms with Crippen molar-refractivity contribution < 1.29 is 5.11 Å². The highest BCUT2D eigenvalue weighted by molar-refractivity contribution is 6.21. The summed E-state index contributed by atoms with van der Waals surface area (Å²) in [5, 5.41) is 10.7. The van der Waals surface area contributed by atoms with E-state index in [0.717, 1.165) is 21.4 Å². The number of H-pyrrole nitrogens is 1. The summed E-state index contributed by atoms with van der Waals surface area (Å²) < 4.78 is 1.10. The molecule has 0 spiro atoms. The van der Waals surface area contributed by atoms with E-state index >= 15 is 0 Å². The topological polar surface area (TPSA) is 87.4 Å². The van der Waals surface area contributed by atoms with Crippen molar-refractivity contribution in [2.45, 2.75) is 6.92 Å². The highest BCUT2D eigenvalue weighted by atomic mass is 16.3. The zero-order valence-corrected chi connectivity index (χ0v) is 13.9. The van der Waals surface area contributed by atoms with Crippen LogP contribution in [0.4, 0.5) is 5.69 Å². The molecule has 0 amide bonds. The highest BCUT2D eigenvalue weighted by Crippen LogP contribution is 2.32. The Morgan fingerprint density at radius 2 is 1.81 bits per heavy atom. The Balaban J connectivity index is 1.95. The lowest BCUT2D eigenvalue weighted by Gasteiger charge is -2.12. The molecular weight excluding hydrogens is 330 g/mol. The van der Waals surface area contributed by atoms with Gasteiger partial charge in [-0.2, -0.15) is 0 Å². The predicted octanol–water partition coefficient (Wildman–Crippen LogP) is 2.80. The number of aliphatic imine (C=N–C) groups is 1. The zero-order valence-electron chi connectivity index (χ0n) is 13.9. The van der Waals surface area contributed by atoms with Gasteiger partial charge in [0.2, 0.25) is 5.88 Å². The fraction of sp³-hybridized carbons (Fsp3) is 0.0500. The first kappa shape index (κ1) is 15.8. The Hall–Kier alpha value is -3.67. The van der Waals surface area contributed by atoms with Crippen LogP contribution in [0.1, 0.15) is 16.7 Å². The van der Waals surface area contributed by atoms with Crippen LogP contribution >= 0.6 is 0 Å². The molecule has 0 radical (unpaired) electrons. The molecule has 0 aliphatic carbocycles. The second-order valence-corrected chi connectivity index (χ2v) is 5.99. The number of hydrogen-bond donors (Lipinski definition) is 2. The summed E-state index contributed by atoms with van der Waals surface area (Å²) in [7, 11) is 0. The van der Waals surface area contributed by atoms with Crippen molar-refractivity contribution in [2.24, 2.45) is 4.99 Å². The van der Waals surface area contributed by atoms with Crippen LogP contribution < -0.4 is 11.2 Å². The number of fused-ring (bicyclic) bond motifs is 1. The molecule has 0 atom stereocenters. The minimum Gasteiger partial charge on any atom is -0.494 e. The fourth-order valence-corrected chi connectivity index (χ4v) is 3.02. The summed E-state index contributed by atoms with van der Waals surface area (Å²) in [6.45, 7) is 1.82. The summed E-state index contributed by atoms with van der Waals surface area (Å²) in [5.41, 5.74) is 2.31. The number of hydrogen-bond acceptors (Lipinski definition) is 4. The van der Waals surface area contributed by atoms with Crippen LogP contribution in [0.25, 0.3) is 17.3 Å². The van der Waals surface area contributed by atoms with E-state index in [1.807, 2.05) is 43.3 Å². The molecule has 1 aromatic heterocycles. The smallest absolute Gasteiger partial charge is 0.335 e. The maximum atomic E-state index is 12.3. The van der Waals surface area contributed by atoms with Crippen LogP contribution in [0.5, 0.6) is 5.88 Å². The molecule has 3 aromatic rings. The van der Waals surface area contributed by atoms with Crippen LogP contribution in [0.3, 0.4) is 0 Å². The monoisotopic (exact) mass is 345 g/mol. The number of aromatic hydroxyl groups is 1. The molecule has 2 N–H and O–H groups in total. The van der Waals surface area contributed by atoms with Crippen molar-refractivity contribution in [1.29, 1.82) is 0 Å². The van der Waals surface area contributed by atoms with E-state index in [-0.39, 0.29) is 5.56 Å². The van der Waals surface area contributed by atoms with Gasteiger partial charge in [0.05, 0.1) is 11.4 Å². The zero-order chi connectivity index (χ0) is 18.3. The lowest BCUT2D eigenvalue weighted by molar-refractivity contribution is 0.429. The summed E-state index contributed by atoms with van der Waals surface area (Å²) in [6.07, 6.45) is 3.17. The third-order valence-corrected chi connectivity index (χ3v) is 4.33. The highest BCUT2D eigenvalue weighted by Gasteiger charge is 2.18. The van der Waals surface area contributed by atoms with Crippen LogP contribution in [0.2, 0.25) is 0 Å². The van der Waals surface area contributed by atoms with Gasteiger partial charge >= 0.3 is 5.69 Å². The van der Waals surface area contributed by atoms with Crippen molar-refractivity contribution in [3.8, 4) is 11.6 Å². The molecule has 0 fully saturated rings. The Morgan fingerprint density at radius 1 is 1.08 bits per heavy atom. The summed E-state index contributed by atoms with van der Waals surface area (Å²) in [5.74, 6) is -0.404. The van der Waals surface area contributed by atoms with Gasteiger partial charge in [-0.05, 0) is 30.7 Å². The normalized spacial score (nSPS) is 14.0. The Bertz CT molecular complexity index is 1200. The standard InChI is InChI=1S/C20H15N3O3/c1-12-6-2-5-9-17(12)23-19(25)15(18(24)22-20(23)26)10-13-11-21-16-8-4-3-7-14(13)16/h2-11,25H,1H3,(H,22,24,26). The van der Waals surface area contributed by atoms with Gasteiger partial charge in [-0.15, -0.1) is 0 Å². The van der Waals surface area contributed by atoms with Crippen LogP contribution in [-0.4, -0.2) is 20.9 Å². The lowest BCUT2D eigenvalue weighted by atomic mass is 10.1. The van der Waals surface area contributed by atoms with E-state index in [2.05, 4.69) is 9.98 Å². The molecule has 6 nitrogen and oxygen atoms in total. The van der Waals surface area contributed by atoms with Crippen molar-refractivity contribution >= 4 is 23.6 Å². The summed E-state index contributed by atoms with van der Waals surface area (Å²) in [6, 6.07) is 14.6. The Kier molecular flexibility index (Phi) is 3.65.